The molecule has 1 saturated heterocycles. The summed E-state index contributed by atoms with van der Waals surface area (Å²) < 4.78 is 40.4. The summed E-state index contributed by atoms with van der Waals surface area (Å²) >= 11 is 0. The van der Waals surface area contributed by atoms with Gasteiger partial charge in [0.15, 0.2) is 0 Å². The number of hydrogen-bond acceptors (Lipinski definition) is 3. The van der Waals surface area contributed by atoms with E-state index in [0.717, 1.165) is 16.7 Å². The molecule has 3 rings (SSSR count). The highest BCUT2D eigenvalue weighted by Gasteiger charge is 2.52. The average molecular weight is 406 g/mol. The summed E-state index contributed by atoms with van der Waals surface area (Å²) in [6.45, 7) is 5.28. The molecular weight excluding hydrogens is 379 g/mol. The van der Waals surface area contributed by atoms with Gasteiger partial charge in [0.2, 0.25) is 5.91 Å². The fourth-order valence-corrected chi connectivity index (χ4v) is 3.83. The number of aryl methyl sites for hydroxylation is 2. The third kappa shape index (κ3) is 4.95. The van der Waals surface area contributed by atoms with E-state index in [1.54, 1.807) is 0 Å². The molecule has 1 saturated carbocycles. The van der Waals surface area contributed by atoms with Gasteiger partial charge in [0.1, 0.15) is 6.04 Å². The molecule has 152 valence electrons. The number of nitrogens with zero attached hydrogens (tertiary/aromatic N) is 1. The summed E-state index contributed by atoms with van der Waals surface area (Å²) in [5.41, 5.74) is 2.38. The Morgan fingerprint density at radius 3 is 2.22 bits per heavy atom. The lowest BCUT2D eigenvalue weighted by molar-refractivity contribution is -0.184. The third-order valence-corrected chi connectivity index (χ3v) is 5.39. The second-order valence-corrected chi connectivity index (χ2v) is 7.51. The normalized spacial score (nSPS) is 20.5. The number of alkyl halides is 3. The molecule has 0 spiro atoms. The minimum absolute atomic E-state index is 0. The topological polar surface area (TPSA) is 44.4 Å². The first-order chi connectivity index (χ1) is 12.2. The summed E-state index contributed by atoms with van der Waals surface area (Å²) in [5.74, 6) is -0.285. The van der Waals surface area contributed by atoms with Crippen LogP contribution in [0, 0.1) is 13.8 Å². The van der Waals surface area contributed by atoms with Crippen LogP contribution in [-0.4, -0.2) is 55.7 Å². The average Bonchev–Trinajstić information content (AvgIpc) is 3.35. The summed E-state index contributed by atoms with van der Waals surface area (Å²) in [4.78, 5) is 14.2. The number of piperazine rings is 1. The van der Waals surface area contributed by atoms with Gasteiger partial charge in [0.05, 0.1) is 5.41 Å². The van der Waals surface area contributed by atoms with Crippen molar-refractivity contribution in [1.29, 1.82) is 0 Å². The Kier molecular flexibility index (Phi) is 6.81. The van der Waals surface area contributed by atoms with Crippen LogP contribution in [-0.2, 0) is 10.2 Å². The van der Waals surface area contributed by atoms with Gasteiger partial charge in [0.25, 0.3) is 0 Å². The van der Waals surface area contributed by atoms with E-state index in [2.05, 4.69) is 10.6 Å². The summed E-state index contributed by atoms with van der Waals surface area (Å²) in [7, 11) is 0. The molecular formula is C19H27ClF3N3O. The van der Waals surface area contributed by atoms with Gasteiger partial charge < -0.3 is 10.6 Å². The molecule has 2 aliphatic rings. The Bertz CT molecular complexity index is 650. The maximum absolute atomic E-state index is 13.5. The Hall–Kier alpha value is -1.31. The largest absolute Gasteiger partial charge is 0.405 e. The monoisotopic (exact) mass is 405 g/mol. The van der Waals surface area contributed by atoms with Crippen LogP contribution >= 0.6 is 12.4 Å². The van der Waals surface area contributed by atoms with Crippen LogP contribution in [0.5, 0.6) is 0 Å². The van der Waals surface area contributed by atoms with Crippen molar-refractivity contribution in [2.24, 2.45) is 0 Å². The van der Waals surface area contributed by atoms with Crippen LogP contribution in [0.2, 0.25) is 0 Å². The van der Waals surface area contributed by atoms with E-state index >= 15 is 0 Å². The summed E-state index contributed by atoms with van der Waals surface area (Å²) in [5, 5.41) is 5.66. The van der Waals surface area contributed by atoms with Crippen LogP contribution < -0.4 is 10.6 Å². The van der Waals surface area contributed by atoms with Crippen molar-refractivity contribution < 1.29 is 18.0 Å². The highest BCUT2D eigenvalue weighted by atomic mass is 35.5. The first-order valence-electron chi connectivity index (χ1n) is 9.11. The van der Waals surface area contributed by atoms with Gasteiger partial charge in [-0.15, -0.1) is 12.4 Å². The van der Waals surface area contributed by atoms with Crippen LogP contribution in [0.15, 0.2) is 18.2 Å². The molecule has 27 heavy (non-hydrogen) atoms. The van der Waals surface area contributed by atoms with Crippen LogP contribution in [0.1, 0.15) is 29.5 Å². The maximum Gasteiger partial charge on any atom is 0.405 e. The molecule has 1 atom stereocenters. The van der Waals surface area contributed by atoms with Crippen LogP contribution in [0.4, 0.5) is 13.2 Å². The molecule has 1 aliphatic carbocycles. The van der Waals surface area contributed by atoms with Crippen molar-refractivity contribution in [1.82, 2.24) is 15.5 Å². The molecule has 1 aliphatic heterocycles. The first kappa shape index (κ1) is 22.0. The zero-order valence-electron chi connectivity index (χ0n) is 15.7. The van der Waals surface area contributed by atoms with E-state index in [4.69, 9.17) is 0 Å². The maximum atomic E-state index is 13.5. The number of rotatable bonds is 5. The predicted molar refractivity (Wildman–Crippen MR) is 101 cm³/mol. The molecule has 2 fully saturated rings. The molecule has 8 heteroatoms. The highest BCUT2D eigenvalue weighted by molar-refractivity contribution is 5.91. The smallest absolute Gasteiger partial charge is 0.353 e. The lowest BCUT2D eigenvalue weighted by Gasteiger charge is -2.36. The zero-order valence-corrected chi connectivity index (χ0v) is 16.5. The van der Waals surface area contributed by atoms with Gasteiger partial charge in [-0.05, 0) is 32.3 Å². The zero-order chi connectivity index (χ0) is 18.9. The summed E-state index contributed by atoms with van der Waals surface area (Å²) in [6.07, 6.45) is -2.99. The van der Waals surface area contributed by atoms with E-state index in [0.29, 0.717) is 39.0 Å². The first-order valence-corrected chi connectivity index (χ1v) is 9.11. The van der Waals surface area contributed by atoms with Gasteiger partial charge >= 0.3 is 6.18 Å². The highest BCUT2D eigenvalue weighted by Crippen LogP contribution is 2.48. The number of hydrogen-bond donors (Lipinski definition) is 2. The van der Waals surface area contributed by atoms with E-state index in [1.807, 2.05) is 32.0 Å². The van der Waals surface area contributed by atoms with Crippen LogP contribution in [0.25, 0.3) is 0 Å². The molecule has 1 amide bonds. The number of nitrogens with one attached hydrogen (secondary N) is 2. The lowest BCUT2D eigenvalue weighted by Crippen LogP contribution is -2.58. The van der Waals surface area contributed by atoms with Crippen molar-refractivity contribution in [3.63, 3.8) is 0 Å². The van der Waals surface area contributed by atoms with Crippen molar-refractivity contribution >= 4 is 18.3 Å². The van der Waals surface area contributed by atoms with Gasteiger partial charge in [-0.25, -0.2) is 0 Å². The SMILES string of the molecule is Cc1cc(C)cc(C2(C(=O)NCC(N3CCNCC3)C(F)(F)F)CC2)c1.Cl. The van der Waals surface area contributed by atoms with Crippen LogP contribution in [0.3, 0.4) is 0 Å². The molecule has 1 aromatic carbocycles. The van der Waals surface area contributed by atoms with Crippen molar-refractivity contribution in [3.05, 3.63) is 34.9 Å². The molecule has 0 bridgehead atoms. The van der Waals surface area contributed by atoms with Crippen molar-refractivity contribution in [3.8, 4) is 0 Å². The lowest BCUT2D eigenvalue weighted by atomic mass is 9.92. The van der Waals surface area contributed by atoms with E-state index < -0.39 is 24.2 Å². The second kappa shape index (κ2) is 8.37. The fourth-order valence-electron chi connectivity index (χ4n) is 3.83. The molecule has 1 aromatic rings. The standard InChI is InChI=1S/C19H26F3N3O.ClH/c1-13-9-14(2)11-15(10-13)18(3-4-18)17(26)24-12-16(19(20,21)22)25-7-5-23-6-8-25;/h9-11,16,23H,3-8,12H2,1-2H3,(H,24,26);1H. The molecule has 1 heterocycles. The summed E-state index contributed by atoms with van der Waals surface area (Å²) in [6, 6.07) is 4.33. The number of halogens is 4. The Morgan fingerprint density at radius 1 is 1.19 bits per heavy atom. The number of benzene rings is 1. The van der Waals surface area contributed by atoms with Crippen molar-refractivity contribution in [2.45, 2.75) is 44.3 Å². The van der Waals surface area contributed by atoms with E-state index in [-0.39, 0.29) is 18.3 Å². The molecule has 2 N–H and O–H groups in total. The van der Waals surface area contributed by atoms with Gasteiger partial charge in [-0.3, -0.25) is 9.69 Å². The van der Waals surface area contributed by atoms with Gasteiger partial charge in [-0.1, -0.05) is 29.3 Å². The minimum atomic E-state index is -4.36. The Balaban J connectivity index is 0.00000261. The molecule has 1 unspecified atom stereocenters. The number of carbonyl (C=O) groups is 1. The van der Waals surface area contributed by atoms with E-state index in [1.165, 1.54) is 4.90 Å². The number of carbonyl (C=O) groups excluding carboxylic acids is 1. The van der Waals surface area contributed by atoms with E-state index in [9.17, 15) is 18.0 Å². The molecule has 4 nitrogen and oxygen atoms in total. The predicted octanol–water partition coefficient (Wildman–Crippen LogP) is 2.71. The molecule has 0 aromatic heterocycles. The third-order valence-electron chi connectivity index (χ3n) is 5.39. The number of amides is 1. The second-order valence-electron chi connectivity index (χ2n) is 7.51. The van der Waals surface area contributed by atoms with Gasteiger partial charge in [0, 0.05) is 32.7 Å². The van der Waals surface area contributed by atoms with Gasteiger partial charge in [-0.2, -0.15) is 13.2 Å². The Morgan fingerprint density at radius 2 is 1.74 bits per heavy atom. The Labute approximate surface area is 164 Å². The molecule has 0 radical (unpaired) electrons. The van der Waals surface area contributed by atoms with Crippen molar-refractivity contribution in [2.75, 3.05) is 32.7 Å². The fraction of sp³-hybridized carbons (Fsp3) is 0.632. The minimum Gasteiger partial charge on any atom is -0.353 e. The quantitative estimate of drug-likeness (QED) is 0.791.